The van der Waals surface area contributed by atoms with Gasteiger partial charge in [0.15, 0.2) is 0 Å². The summed E-state index contributed by atoms with van der Waals surface area (Å²) in [6.07, 6.45) is 0.906. The minimum Gasteiger partial charge on any atom is -0.506 e. The third-order valence-corrected chi connectivity index (χ3v) is 6.61. The lowest BCUT2D eigenvalue weighted by molar-refractivity contribution is -0.148. The highest BCUT2D eigenvalue weighted by Gasteiger charge is 2.28. The number of nitrogens with zero attached hydrogens (tertiary/aromatic N) is 1. The van der Waals surface area contributed by atoms with E-state index in [0.717, 1.165) is 6.41 Å². The molecule has 49 heavy (non-hydrogen) atoms. The number of aliphatic hydroxyl groups is 2. The fourth-order valence-electron chi connectivity index (χ4n) is 4.08. The molecule has 1 aromatic rings. The third-order valence-electron chi connectivity index (χ3n) is 6.61. The Hall–Kier alpha value is -3.99. The van der Waals surface area contributed by atoms with Crippen molar-refractivity contribution in [1.29, 1.82) is 0 Å². The molecule has 2 rings (SSSR count). The zero-order valence-electron chi connectivity index (χ0n) is 30.0. The Morgan fingerprint density at radius 3 is 2.06 bits per heavy atom. The number of aliphatic hydroxyl groups excluding tert-OH is 2. The first-order valence-corrected chi connectivity index (χ1v) is 16.3. The highest BCUT2D eigenvalue weighted by Crippen LogP contribution is 2.25. The van der Waals surface area contributed by atoms with E-state index in [1.54, 1.807) is 34.0 Å². The maximum atomic E-state index is 13.1. The van der Waals surface area contributed by atoms with Crippen LogP contribution in [0.3, 0.4) is 0 Å². The zero-order valence-corrected chi connectivity index (χ0v) is 30.0. The van der Waals surface area contributed by atoms with E-state index >= 15 is 0 Å². The van der Waals surface area contributed by atoms with Crippen molar-refractivity contribution in [3.05, 3.63) is 23.8 Å². The summed E-state index contributed by atoms with van der Waals surface area (Å²) in [5.74, 6) is -1.70. The maximum absolute atomic E-state index is 13.1. The molecule has 4 unspecified atom stereocenters. The molecule has 1 aliphatic heterocycles. The van der Waals surface area contributed by atoms with Gasteiger partial charge in [-0.1, -0.05) is 47.6 Å². The van der Waals surface area contributed by atoms with Crippen molar-refractivity contribution in [2.45, 2.75) is 97.7 Å². The molecule has 16 heteroatoms. The SMILES string of the molecule is CC(C)NC(C(=O)NC(CCCNC(N)=O)C(=O)Nc1ccc(COC(=O)C(C)C)cc1O)C(C)C.CN(C)C=O.OC1COCC(O)C1. The average Bonchev–Trinajstić information content (AvgIpc) is 3.01. The number of ether oxygens (including phenoxy) is 2. The van der Waals surface area contributed by atoms with E-state index < -0.39 is 36.2 Å². The lowest BCUT2D eigenvalue weighted by Crippen LogP contribution is -2.54. The van der Waals surface area contributed by atoms with Gasteiger partial charge in [-0.05, 0) is 36.5 Å². The van der Waals surface area contributed by atoms with Crippen LogP contribution in [0.15, 0.2) is 18.2 Å². The van der Waals surface area contributed by atoms with Crippen LogP contribution in [0, 0.1) is 11.8 Å². The number of carbonyl (C=O) groups is 5. The number of nitrogens with two attached hydrogens (primary N) is 1. The summed E-state index contributed by atoms with van der Waals surface area (Å²) in [4.78, 5) is 59.5. The Morgan fingerprint density at radius 2 is 1.63 bits per heavy atom. The Bertz CT molecular complexity index is 1160. The number of phenolic OH excluding ortho intramolecular Hbond substituents is 1. The summed E-state index contributed by atoms with van der Waals surface area (Å²) in [5, 5.41) is 39.1. The molecule has 1 fully saturated rings. The molecule has 0 radical (unpaired) electrons. The number of primary amides is 1. The Balaban J connectivity index is 0.00000147. The summed E-state index contributed by atoms with van der Waals surface area (Å²) < 4.78 is 9.95. The topological polar surface area (TPSA) is 242 Å². The number of anilines is 1. The summed E-state index contributed by atoms with van der Waals surface area (Å²) >= 11 is 0. The van der Waals surface area contributed by atoms with E-state index in [1.807, 2.05) is 27.7 Å². The number of carbonyl (C=O) groups excluding carboxylic acids is 5. The fraction of sp³-hybridized carbons (Fsp3) is 0.667. The first-order valence-electron chi connectivity index (χ1n) is 16.3. The van der Waals surface area contributed by atoms with E-state index in [-0.39, 0.29) is 60.8 Å². The summed E-state index contributed by atoms with van der Waals surface area (Å²) in [7, 11) is 3.38. The van der Waals surface area contributed by atoms with Gasteiger partial charge >= 0.3 is 12.0 Å². The quantitative estimate of drug-likeness (QED) is 0.0552. The number of esters is 1. The molecule has 0 bridgehead atoms. The van der Waals surface area contributed by atoms with E-state index in [9.17, 15) is 29.1 Å². The minimum atomic E-state index is -0.923. The number of urea groups is 1. The number of rotatable bonds is 15. The van der Waals surface area contributed by atoms with Crippen molar-refractivity contribution in [1.82, 2.24) is 20.9 Å². The van der Waals surface area contributed by atoms with Crippen LogP contribution in [0.1, 0.15) is 66.4 Å². The predicted octanol–water partition coefficient (Wildman–Crippen LogP) is 0.819. The molecule has 1 aliphatic rings. The number of amides is 5. The van der Waals surface area contributed by atoms with Crippen molar-refractivity contribution >= 4 is 35.9 Å². The molecule has 280 valence electrons. The standard InChI is InChI=1S/C25H41N5O6.C5H10O3.C3H7NO/c1-14(2)21(28-16(5)6)23(33)30-19(8-7-11-27-25(26)35)22(32)29-18-10-9-17(12-20(18)31)13-36-24(34)15(3)4;6-4-1-5(7)3-8-2-4;1-4(2)3-5/h9-10,12,14-16,19,21,28,31H,7-8,11,13H2,1-6H3,(H,29,32)(H,30,33)(H3,26,27,35);4-7H,1-3H2;3H,1-2H3. The van der Waals surface area contributed by atoms with E-state index in [2.05, 4.69) is 21.3 Å². The van der Waals surface area contributed by atoms with Crippen molar-refractivity contribution in [2.24, 2.45) is 17.6 Å². The van der Waals surface area contributed by atoms with Crippen molar-refractivity contribution in [3.63, 3.8) is 0 Å². The van der Waals surface area contributed by atoms with Crippen molar-refractivity contribution < 1.29 is 48.8 Å². The molecule has 1 saturated heterocycles. The molecular formula is C33H58N6O10. The van der Waals surface area contributed by atoms with Crippen molar-refractivity contribution in [3.8, 4) is 5.75 Å². The number of hydrogen-bond donors (Lipinski definition) is 8. The van der Waals surface area contributed by atoms with Crippen LogP contribution in [0.25, 0.3) is 0 Å². The predicted molar refractivity (Wildman–Crippen MR) is 184 cm³/mol. The number of benzene rings is 1. The van der Waals surface area contributed by atoms with Gasteiger partial charge in [0.25, 0.3) is 0 Å². The fourth-order valence-corrected chi connectivity index (χ4v) is 4.08. The number of aromatic hydroxyl groups is 1. The summed E-state index contributed by atoms with van der Waals surface area (Å²) in [6.45, 7) is 12.1. The zero-order chi connectivity index (χ0) is 37.7. The van der Waals surface area contributed by atoms with E-state index in [1.165, 1.54) is 17.0 Å². The molecule has 4 atom stereocenters. The van der Waals surface area contributed by atoms with E-state index in [4.69, 9.17) is 25.4 Å². The molecule has 5 amide bonds. The number of hydrogen-bond acceptors (Lipinski definition) is 11. The average molecular weight is 699 g/mol. The number of nitrogens with one attached hydrogen (secondary N) is 4. The molecule has 1 aromatic carbocycles. The van der Waals surface area contributed by atoms with Crippen LogP contribution in [0.4, 0.5) is 10.5 Å². The molecule has 0 aromatic heterocycles. The molecular weight excluding hydrogens is 640 g/mol. The van der Waals surface area contributed by atoms with Crippen LogP contribution in [-0.2, 0) is 35.3 Å². The lowest BCUT2D eigenvalue weighted by Gasteiger charge is -2.27. The van der Waals surface area contributed by atoms with Gasteiger partial charge in [0.1, 0.15) is 18.4 Å². The van der Waals surface area contributed by atoms with Gasteiger partial charge in [-0.2, -0.15) is 0 Å². The van der Waals surface area contributed by atoms with E-state index in [0.29, 0.717) is 31.6 Å². The maximum Gasteiger partial charge on any atom is 0.312 e. The Labute approximate surface area is 289 Å². The minimum absolute atomic E-state index is 0.0101. The molecule has 0 saturated carbocycles. The van der Waals surface area contributed by atoms with Crippen LogP contribution < -0.4 is 27.0 Å². The molecule has 0 spiro atoms. The van der Waals surface area contributed by atoms with Crippen LogP contribution in [0.2, 0.25) is 0 Å². The van der Waals surface area contributed by atoms with Gasteiger partial charge in [0.2, 0.25) is 18.2 Å². The smallest absolute Gasteiger partial charge is 0.312 e. The first-order chi connectivity index (χ1) is 22.9. The highest BCUT2D eigenvalue weighted by atomic mass is 16.5. The van der Waals surface area contributed by atoms with Gasteiger partial charge in [-0.3, -0.25) is 19.2 Å². The van der Waals surface area contributed by atoms with Gasteiger partial charge in [0.05, 0.1) is 43.1 Å². The molecule has 9 N–H and O–H groups in total. The Kier molecular flexibility index (Phi) is 22.2. The Morgan fingerprint density at radius 1 is 1.04 bits per heavy atom. The highest BCUT2D eigenvalue weighted by molar-refractivity contribution is 5.98. The second-order valence-corrected chi connectivity index (χ2v) is 12.8. The molecule has 16 nitrogen and oxygen atoms in total. The normalized spacial score (nSPS) is 16.6. The molecule has 1 heterocycles. The third kappa shape index (κ3) is 20.9. The van der Waals surface area contributed by atoms with Gasteiger partial charge < -0.3 is 56.7 Å². The number of phenols is 1. The largest absolute Gasteiger partial charge is 0.506 e. The monoisotopic (exact) mass is 698 g/mol. The molecule has 0 aliphatic carbocycles. The van der Waals surface area contributed by atoms with Crippen LogP contribution in [-0.4, -0.2) is 115 Å². The lowest BCUT2D eigenvalue weighted by atomic mass is 10.0. The van der Waals surface area contributed by atoms with Crippen LogP contribution in [0.5, 0.6) is 5.75 Å². The second kappa shape index (κ2) is 24.2. The van der Waals surface area contributed by atoms with Crippen molar-refractivity contribution in [2.75, 3.05) is 39.2 Å². The van der Waals surface area contributed by atoms with Gasteiger partial charge in [0, 0.05) is 33.1 Å². The van der Waals surface area contributed by atoms with Crippen LogP contribution >= 0.6 is 0 Å². The first kappa shape index (κ1) is 45.0. The second-order valence-electron chi connectivity index (χ2n) is 12.8. The summed E-state index contributed by atoms with van der Waals surface area (Å²) in [5.41, 5.74) is 5.79. The van der Waals surface area contributed by atoms with Gasteiger partial charge in [-0.25, -0.2) is 4.79 Å². The van der Waals surface area contributed by atoms with Gasteiger partial charge in [-0.15, -0.1) is 0 Å². The summed E-state index contributed by atoms with van der Waals surface area (Å²) in [6, 6.07) is 2.47.